The maximum absolute atomic E-state index is 14.6. The number of nitrogens with zero attached hydrogens (tertiary/aromatic N) is 2. The lowest BCUT2D eigenvalue weighted by Crippen LogP contribution is -2.65. The Bertz CT molecular complexity index is 2130. The number of esters is 1. The van der Waals surface area contributed by atoms with Crippen LogP contribution in [0.3, 0.4) is 0 Å². The number of halogens is 2. The number of hydrogen-bond donors (Lipinski definition) is 3. The number of likely N-dealkylation sites (N-methyl/N-ethyl adjacent to an activating group) is 1. The maximum atomic E-state index is 14.6. The molecule has 70 heavy (non-hydrogen) atoms. The van der Waals surface area contributed by atoms with Crippen LogP contribution in [0.2, 0.25) is 10.0 Å². The van der Waals surface area contributed by atoms with Gasteiger partial charge in [0, 0.05) is 62.3 Å². The van der Waals surface area contributed by atoms with Gasteiger partial charge in [-0.3, -0.25) is 24.2 Å². The fraction of sp³-hybridized carbons (Fsp3) is 0.700. The largest absolute Gasteiger partial charge is 0.493 e. The Morgan fingerprint density at radius 2 is 1.66 bits per heavy atom. The van der Waals surface area contributed by atoms with E-state index in [1.165, 1.54) is 32.7 Å². The van der Waals surface area contributed by atoms with Crippen molar-refractivity contribution in [3.05, 3.63) is 46.2 Å². The van der Waals surface area contributed by atoms with Crippen molar-refractivity contribution in [2.45, 2.75) is 162 Å². The third-order valence-corrected chi connectivity index (χ3v) is 14.9. The number of benzene rings is 1. The summed E-state index contributed by atoms with van der Waals surface area (Å²) in [6, 6.07) is 4.43. The zero-order valence-corrected chi connectivity index (χ0v) is 44.5. The molecule has 18 nitrogen and oxygen atoms in total. The molecule has 3 N–H and O–H groups in total. The molecule has 1 aromatic carbocycles. The molecule has 20 heteroatoms. The van der Waals surface area contributed by atoms with Crippen molar-refractivity contribution in [2.75, 3.05) is 39.7 Å². The number of carbonyl (C=O) groups is 4. The molecule has 3 fully saturated rings. The van der Waals surface area contributed by atoms with Gasteiger partial charge in [-0.05, 0) is 85.4 Å². The molecule has 3 saturated heterocycles. The number of methoxy groups -OCH3 is 2. The highest BCUT2D eigenvalue weighted by Gasteiger charge is 2.55. The molecule has 0 bridgehead atoms. The predicted octanol–water partition coefficient (Wildman–Crippen LogP) is 8.03. The number of nitrogens with one attached hydrogen (secondary N) is 2. The summed E-state index contributed by atoms with van der Waals surface area (Å²) in [5.41, 5.74) is -2.28. The van der Waals surface area contributed by atoms with E-state index in [-0.39, 0.29) is 71.0 Å². The number of aliphatic hydroxyl groups is 1. The highest BCUT2D eigenvalue weighted by molar-refractivity contribution is 6.39. The van der Waals surface area contributed by atoms with Crippen LogP contribution in [0.1, 0.15) is 112 Å². The number of fused-ring (bicyclic) bond motifs is 1. The molecule has 392 valence electrons. The quantitative estimate of drug-likeness (QED) is 0.128. The first-order chi connectivity index (χ1) is 32.8. The molecule has 0 unspecified atom stereocenters. The van der Waals surface area contributed by atoms with Gasteiger partial charge in [-0.2, -0.15) is 5.06 Å². The molecule has 0 radical (unpaired) electrons. The van der Waals surface area contributed by atoms with Crippen LogP contribution in [-0.4, -0.2) is 133 Å². The zero-order valence-electron chi connectivity index (χ0n) is 43.0. The third-order valence-electron chi connectivity index (χ3n) is 14.3. The Morgan fingerprint density at radius 3 is 2.29 bits per heavy atom. The van der Waals surface area contributed by atoms with E-state index >= 15 is 0 Å². The SMILES string of the molecule is CC[C@H]1OC(=O)[C@H](C)[C@@H](O)[C@H](C)[C@@H](O[C@@H]2O[C@H](C)C[C@H]3[C@H]2OC(C)(C)ON3C)[C@](C)(OC)C[C@@H](C)C(=O)[C@H](C)[C@@H](C)[C@]1(C)OC(=O)NCCCOc1cc(C(=O)Nc2c(Cl)cncc2Cl)ccc1OC. The summed E-state index contributed by atoms with van der Waals surface area (Å²) in [6.07, 6.45) is -1.82. The fourth-order valence-electron chi connectivity index (χ4n) is 9.97. The number of alkyl carbamates (subject to hydrolysis) is 1. The molecule has 2 aromatic rings. The first kappa shape index (κ1) is 57.1. The molecule has 2 amide bonds. The molecule has 3 aliphatic heterocycles. The third kappa shape index (κ3) is 13.0. The van der Waals surface area contributed by atoms with E-state index in [2.05, 4.69) is 15.6 Å². The second-order valence-electron chi connectivity index (χ2n) is 19.9. The Kier molecular flexibility index (Phi) is 19.4. The molecule has 0 spiro atoms. The Labute approximate surface area is 422 Å². The normalized spacial score (nSPS) is 34.3. The van der Waals surface area contributed by atoms with E-state index in [9.17, 15) is 24.3 Å². The topological polar surface area (TPSA) is 212 Å². The van der Waals surface area contributed by atoms with E-state index in [1.807, 2.05) is 27.8 Å². The van der Waals surface area contributed by atoms with Crippen molar-refractivity contribution in [1.82, 2.24) is 15.4 Å². The minimum absolute atomic E-state index is 0.104. The minimum atomic E-state index is -1.52. The zero-order chi connectivity index (χ0) is 52.0. The van der Waals surface area contributed by atoms with Gasteiger partial charge in [0.25, 0.3) is 5.91 Å². The lowest BCUT2D eigenvalue weighted by Gasteiger charge is -2.53. The number of carbonyl (C=O) groups excluding carboxylic acids is 4. The number of ketones is 1. The monoisotopic (exact) mass is 1020 g/mol. The van der Waals surface area contributed by atoms with E-state index < -0.39 is 95.3 Å². The van der Waals surface area contributed by atoms with Gasteiger partial charge in [0.15, 0.2) is 29.2 Å². The molecule has 0 aliphatic carbocycles. The van der Waals surface area contributed by atoms with Crippen LogP contribution in [-0.2, 0) is 42.8 Å². The maximum Gasteiger partial charge on any atom is 0.407 e. The van der Waals surface area contributed by atoms with Gasteiger partial charge in [0.2, 0.25) is 0 Å². The standard InChI is InChI=1S/C50H74Cl2N4O14/c1-15-38-50(11,69-47(61)54-19-16-20-64-37-22-32(17-18-36(37)62-13)44(59)55-39-33(51)24-53-25-34(39)52)31(7)28(4)40(57)26(2)23-49(10,63-14)43(29(5)41(58)30(6)45(60)66-38)67-46-42-35(21-27(3)65-46)56(12)70-48(8,9)68-42/h17-18,22,24-31,35,38,41-43,46,58H,15-16,19-21,23H2,1-14H3,(H,54,61)(H,53,55,59)/t26-,27-,28-,29+,30-,31-,35+,38-,41+,42-,43-,46+,49-,50+/m1/s1. The number of Topliss-reactive ketones (excluding diaryl/α,β-unsaturated/α-hetero) is 1. The summed E-state index contributed by atoms with van der Waals surface area (Å²) in [4.78, 5) is 65.7. The molecule has 14 atom stereocenters. The van der Waals surface area contributed by atoms with Crippen molar-refractivity contribution in [2.24, 2.45) is 29.6 Å². The van der Waals surface area contributed by atoms with Gasteiger partial charge in [-0.1, -0.05) is 57.8 Å². The predicted molar refractivity (Wildman–Crippen MR) is 261 cm³/mol. The van der Waals surface area contributed by atoms with Crippen LogP contribution >= 0.6 is 23.2 Å². The van der Waals surface area contributed by atoms with Crippen molar-refractivity contribution >= 4 is 52.6 Å². The number of anilines is 1. The van der Waals surface area contributed by atoms with Crippen LogP contribution in [0.4, 0.5) is 10.5 Å². The number of amides is 2. The summed E-state index contributed by atoms with van der Waals surface area (Å²) in [5.74, 6) is -5.57. The number of aliphatic hydroxyl groups excluding tert-OH is 1. The van der Waals surface area contributed by atoms with Crippen LogP contribution in [0.15, 0.2) is 30.6 Å². The van der Waals surface area contributed by atoms with E-state index in [4.69, 9.17) is 65.9 Å². The highest BCUT2D eigenvalue weighted by atomic mass is 35.5. The van der Waals surface area contributed by atoms with E-state index in [0.29, 0.717) is 18.6 Å². The number of rotatable bonds is 13. The van der Waals surface area contributed by atoms with Crippen LogP contribution in [0, 0.1) is 29.6 Å². The first-order valence-corrected chi connectivity index (χ1v) is 24.8. The molecule has 0 saturated carbocycles. The van der Waals surface area contributed by atoms with Gasteiger partial charge in [0.1, 0.15) is 18.0 Å². The van der Waals surface area contributed by atoms with Crippen molar-refractivity contribution in [1.29, 1.82) is 0 Å². The van der Waals surface area contributed by atoms with Gasteiger partial charge in [0.05, 0.1) is 65.3 Å². The number of cyclic esters (lactones) is 1. The van der Waals surface area contributed by atoms with Crippen LogP contribution in [0.5, 0.6) is 11.5 Å². The Morgan fingerprint density at radius 1 is 0.986 bits per heavy atom. The average molecular weight is 1030 g/mol. The Hall–Kier alpha value is -3.85. The van der Waals surface area contributed by atoms with Crippen LogP contribution in [0.25, 0.3) is 0 Å². The molecular weight excluding hydrogens is 951 g/mol. The number of hydrogen-bond acceptors (Lipinski definition) is 16. The molecular formula is C50H74Cl2N4O14. The second-order valence-corrected chi connectivity index (χ2v) is 20.7. The van der Waals surface area contributed by atoms with Crippen molar-refractivity contribution < 1.29 is 67.0 Å². The van der Waals surface area contributed by atoms with Gasteiger partial charge in [-0.25, -0.2) is 4.79 Å². The van der Waals surface area contributed by atoms with E-state index in [0.717, 1.165) is 0 Å². The van der Waals surface area contributed by atoms with E-state index in [1.54, 1.807) is 72.6 Å². The van der Waals surface area contributed by atoms with Gasteiger partial charge >= 0.3 is 12.1 Å². The number of aromatic nitrogens is 1. The molecule has 5 rings (SSSR count). The van der Waals surface area contributed by atoms with Gasteiger partial charge in [-0.15, -0.1) is 0 Å². The fourth-order valence-corrected chi connectivity index (χ4v) is 10.4. The summed E-state index contributed by atoms with van der Waals surface area (Å²) in [5, 5.41) is 19.7. The number of hydroxylamine groups is 2. The summed E-state index contributed by atoms with van der Waals surface area (Å²) in [6.45, 7) is 19.8. The number of ether oxygens (including phenoxy) is 8. The van der Waals surface area contributed by atoms with Crippen molar-refractivity contribution in [3.63, 3.8) is 0 Å². The molecule has 4 heterocycles. The Balaban J connectivity index is 1.32. The highest BCUT2D eigenvalue weighted by Crippen LogP contribution is 2.43. The summed E-state index contributed by atoms with van der Waals surface area (Å²) in [7, 11) is 4.85. The lowest BCUT2D eigenvalue weighted by atomic mass is 9.71. The average Bonchev–Trinajstić information content (AvgIpc) is 3.31. The lowest BCUT2D eigenvalue weighted by molar-refractivity contribution is -0.441. The summed E-state index contributed by atoms with van der Waals surface area (Å²) >= 11 is 12.4. The van der Waals surface area contributed by atoms with Crippen molar-refractivity contribution in [3.8, 4) is 11.5 Å². The first-order valence-electron chi connectivity index (χ1n) is 24.1. The minimum Gasteiger partial charge on any atom is -0.493 e. The molecule has 3 aliphatic rings. The van der Waals surface area contributed by atoms with Crippen LogP contribution < -0.4 is 20.1 Å². The second kappa shape index (κ2) is 23.8. The molecule has 1 aromatic heterocycles. The smallest absolute Gasteiger partial charge is 0.407 e. The summed E-state index contributed by atoms with van der Waals surface area (Å²) < 4.78 is 50.0. The van der Waals surface area contributed by atoms with Gasteiger partial charge < -0.3 is 53.6 Å². The number of pyridine rings is 1.